The van der Waals surface area contributed by atoms with E-state index in [1.165, 1.54) is 56.4 Å². The number of nitrogens with zero attached hydrogens (tertiary/aromatic N) is 4. The number of hydrogen-bond donors (Lipinski definition) is 0. The second-order valence-electron chi connectivity index (χ2n) is 7.93. The Morgan fingerprint density at radius 1 is 1.09 bits per heavy atom. The van der Waals surface area contributed by atoms with Gasteiger partial charge in [-0.1, -0.05) is 18.2 Å². The fourth-order valence-electron chi connectivity index (χ4n) is 3.51. The van der Waals surface area contributed by atoms with Crippen LogP contribution in [0.4, 0.5) is 13.2 Å². The third-order valence-corrected chi connectivity index (χ3v) is 7.25. The van der Waals surface area contributed by atoms with Gasteiger partial charge in [0.1, 0.15) is 5.82 Å². The zero-order valence-electron chi connectivity index (χ0n) is 18.7. The molecule has 1 amide bonds. The predicted molar refractivity (Wildman–Crippen MR) is 118 cm³/mol. The average Bonchev–Trinajstić information content (AvgIpc) is 3.06. The molecular weight excluding hydrogens is 457 g/mol. The van der Waals surface area contributed by atoms with Gasteiger partial charge in [-0.3, -0.25) is 4.79 Å². The summed E-state index contributed by atoms with van der Waals surface area (Å²) in [7, 11) is 2.50. The predicted octanol–water partition coefficient (Wildman–Crippen LogP) is 3.43. The van der Waals surface area contributed by atoms with Gasteiger partial charge in [0.15, 0.2) is 0 Å². The maximum Gasteiger partial charge on any atom is 0.416 e. The van der Waals surface area contributed by atoms with Crippen LogP contribution in [0.1, 0.15) is 23.4 Å². The minimum Gasteiger partial charge on any atom is -0.341 e. The number of rotatable bonds is 7. The summed E-state index contributed by atoms with van der Waals surface area (Å²) in [6.45, 7) is -0.164. The van der Waals surface area contributed by atoms with Gasteiger partial charge in [0.2, 0.25) is 15.9 Å². The molecule has 1 heterocycles. The number of alkyl halides is 3. The second-order valence-corrected chi connectivity index (χ2v) is 10.1. The number of carbonyl (C=O) groups excluding carboxylic acids is 1. The van der Waals surface area contributed by atoms with E-state index >= 15 is 0 Å². The Bertz CT molecular complexity index is 1280. The van der Waals surface area contributed by atoms with Crippen LogP contribution >= 0.6 is 0 Å². The SMILES string of the molecule is CN(Cc1ccccc1C(F)(F)F)C(=O)CCc1nc2cc(S(=O)(=O)N(C)C)ccc2n1C. The highest BCUT2D eigenvalue weighted by atomic mass is 32.2. The first-order valence-corrected chi connectivity index (χ1v) is 11.5. The monoisotopic (exact) mass is 482 g/mol. The molecular formula is C22H25F3N4O3S. The van der Waals surface area contributed by atoms with Crippen LogP contribution in [-0.2, 0) is 41.0 Å². The van der Waals surface area contributed by atoms with Crippen molar-refractivity contribution in [3.63, 3.8) is 0 Å². The lowest BCUT2D eigenvalue weighted by molar-refractivity contribution is -0.139. The molecule has 0 saturated carbocycles. The molecule has 2 aromatic carbocycles. The first-order chi connectivity index (χ1) is 15.3. The van der Waals surface area contributed by atoms with Crippen LogP contribution in [0.15, 0.2) is 47.4 Å². The number of aryl methyl sites for hydroxylation is 2. The Labute approximate surface area is 190 Å². The van der Waals surface area contributed by atoms with Crippen LogP contribution in [0.3, 0.4) is 0 Å². The fourth-order valence-corrected chi connectivity index (χ4v) is 4.43. The molecule has 0 aliphatic rings. The van der Waals surface area contributed by atoms with Crippen molar-refractivity contribution in [2.75, 3.05) is 21.1 Å². The van der Waals surface area contributed by atoms with Crippen LogP contribution in [0.5, 0.6) is 0 Å². The number of sulfonamides is 1. The molecule has 0 unspecified atom stereocenters. The van der Waals surface area contributed by atoms with Crippen LogP contribution in [0, 0.1) is 0 Å². The highest BCUT2D eigenvalue weighted by Crippen LogP contribution is 2.32. The van der Waals surface area contributed by atoms with Gasteiger partial charge in [-0.2, -0.15) is 13.2 Å². The fraction of sp³-hybridized carbons (Fsp3) is 0.364. The van der Waals surface area contributed by atoms with Crippen molar-refractivity contribution in [3.05, 3.63) is 59.4 Å². The molecule has 1 aromatic heterocycles. The van der Waals surface area contributed by atoms with Gasteiger partial charge >= 0.3 is 6.18 Å². The maximum absolute atomic E-state index is 13.2. The molecule has 0 aliphatic heterocycles. The lowest BCUT2D eigenvalue weighted by Gasteiger charge is -2.20. The molecule has 0 saturated heterocycles. The zero-order chi connectivity index (χ0) is 24.6. The van der Waals surface area contributed by atoms with E-state index in [4.69, 9.17) is 0 Å². The van der Waals surface area contributed by atoms with Crippen LogP contribution in [0.25, 0.3) is 11.0 Å². The molecule has 0 N–H and O–H groups in total. The van der Waals surface area contributed by atoms with Gasteiger partial charge in [-0.05, 0) is 29.8 Å². The quantitative estimate of drug-likeness (QED) is 0.517. The van der Waals surface area contributed by atoms with Gasteiger partial charge in [0.25, 0.3) is 0 Å². The lowest BCUT2D eigenvalue weighted by atomic mass is 10.1. The van der Waals surface area contributed by atoms with Gasteiger partial charge in [-0.15, -0.1) is 0 Å². The Kier molecular flexibility index (Phi) is 6.85. The van der Waals surface area contributed by atoms with E-state index in [0.717, 1.165) is 10.4 Å². The Hall–Kier alpha value is -2.92. The summed E-state index contributed by atoms with van der Waals surface area (Å²) in [5, 5.41) is 0. The summed E-state index contributed by atoms with van der Waals surface area (Å²) < 4.78 is 67.2. The van der Waals surface area contributed by atoms with E-state index in [2.05, 4.69) is 4.98 Å². The summed E-state index contributed by atoms with van der Waals surface area (Å²) in [5.74, 6) is 0.247. The molecule has 11 heteroatoms. The van der Waals surface area contributed by atoms with Crippen molar-refractivity contribution in [1.29, 1.82) is 0 Å². The smallest absolute Gasteiger partial charge is 0.341 e. The minimum absolute atomic E-state index is 0.0261. The number of hydrogen-bond acceptors (Lipinski definition) is 4. The van der Waals surface area contributed by atoms with E-state index < -0.39 is 21.8 Å². The minimum atomic E-state index is -4.49. The van der Waals surface area contributed by atoms with Gasteiger partial charge < -0.3 is 9.47 Å². The zero-order valence-corrected chi connectivity index (χ0v) is 19.5. The molecule has 178 valence electrons. The summed E-state index contributed by atoms with van der Waals surface area (Å²) in [4.78, 5) is 18.4. The summed E-state index contributed by atoms with van der Waals surface area (Å²) in [5.41, 5.74) is 0.458. The second kappa shape index (κ2) is 9.14. The van der Waals surface area contributed by atoms with Crippen LogP contribution in [-0.4, -0.2) is 54.2 Å². The van der Waals surface area contributed by atoms with Crippen LogP contribution in [0.2, 0.25) is 0 Å². The van der Waals surface area contributed by atoms with Gasteiger partial charge in [0, 0.05) is 47.6 Å². The molecule has 0 bridgehead atoms. The number of aromatic nitrogens is 2. The Morgan fingerprint density at radius 2 is 1.76 bits per heavy atom. The highest BCUT2D eigenvalue weighted by molar-refractivity contribution is 7.89. The summed E-state index contributed by atoms with van der Waals surface area (Å²) >= 11 is 0. The lowest BCUT2D eigenvalue weighted by Crippen LogP contribution is -2.27. The van der Waals surface area contributed by atoms with E-state index in [1.807, 2.05) is 0 Å². The Morgan fingerprint density at radius 3 is 2.39 bits per heavy atom. The number of halogens is 3. The average molecular weight is 483 g/mol. The maximum atomic E-state index is 13.2. The molecule has 3 aromatic rings. The summed E-state index contributed by atoms with van der Waals surface area (Å²) in [6.07, 6.45) is -4.19. The van der Waals surface area contributed by atoms with Crippen molar-refractivity contribution < 1.29 is 26.4 Å². The third kappa shape index (κ3) is 5.19. The van der Waals surface area contributed by atoms with Crippen LogP contribution < -0.4 is 0 Å². The van der Waals surface area contributed by atoms with Crippen molar-refractivity contribution in [2.24, 2.45) is 7.05 Å². The molecule has 0 spiro atoms. The van der Waals surface area contributed by atoms with Crippen molar-refractivity contribution in [3.8, 4) is 0 Å². The molecule has 0 radical (unpaired) electrons. The first-order valence-electron chi connectivity index (χ1n) is 10.1. The van der Waals surface area contributed by atoms with E-state index in [0.29, 0.717) is 16.9 Å². The van der Waals surface area contributed by atoms with E-state index in [9.17, 15) is 26.4 Å². The number of fused-ring (bicyclic) bond motifs is 1. The van der Waals surface area contributed by atoms with E-state index in [-0.39, 0.29) is 35.8 Å². The number of imidazole rings is 1. The highest BCUT2D eigenvalue weighted by Gasteiger charge is 2.33. The molecule has 0 atom stereocenters. The standard InChI is InChI=1S/C22H25F3N4O3S/c1-27(2)33(31,32)16-9-10-19-18(13-16)26-20(29(19)4)11-12-21(30)28(3)14-15-7-5-6-8-17(15)22(23,24)25/h5-10,13H,11-12,14H2,1-4H3. The molecule has 0 aliphatic carbocycles. The molecule has 3 rings (SSSR count). The molecule has 7 nitrogen and oxygen atoms in total. The Balaban J connectivity index is 1.74. The van der Waals surface area contributed by atoms with Gasteiger partial charge in [0.05, 0.1) is 21.5 Å². The number of carbonyl (C=O) groups is 1. The summed E-state index contributed by atoms with van der Waals surface area (Å²) in [6, 6.07) is 9.82. The topological polar surface area (TPSA) is 75.5 Å². The number of benzene rings is 2. The third-order valence-electron chi connectivity index (χ3n) is 5.44. The molecule has 0 fully saturated rings. The molecule has 33 heavy (non-hydrogen) atoms. The van der Waals surface area contributed by atoms with E-state index in [1.54, 1.807) is 17.7 Å². The first kappa shape index (κ1) is 24.7. The van der Waals surface area contributed by atoms with Crippen molar-refractivity contribution in [2.45, 2.75) is 30.5 Å². The van der Waals surface area contributed by atoms with Crippen molar-refractivity contribution >= 4 is 27.0 Å². The normalized spacial score (nSPS) is 12.5. The number of amides is 1. The van der Waals surface area contributed by atoms with Gasteiger partial charge in [-0.25, -0.2) is 17.7 Å². The largest absolute Gasteiger partial charge is 0.416 e. The van der Waals surface area contributed by atoms with Crippen molar-refractivity contribution in [1.82, 2.24) is 18.8 Å².